The van der Waals surface area contributed by atoms with E-state index in [1.54, 1.807) is 6.33 Å². The van der Waals surface area contributed by atoms with E-state index < -0.39 is 0 Å². The number of aliphatic imine (C=N–C) groups is 1. The summed E-state index contributed by atoms with van der Waals surface area (Å²) in [7, 11) is 0. The zero-order chi connectivity index (χ0) is 22.5. The van der Waals surface area contributed by atoms with Crippen LogP contribution in [0.25, 0.3) is 10.9 Å². The first-order valence-corrected chi connectivity index (χ1v) is 11.2. The molecule has 1 atom stereocenters. The van der Waals surface area contributed by atoms with Crippen molar-refractivity contribution in [1.29, 1.82) is 0 Å². The van der Waals surface area contributed by atoms with E-state index in [0.717, 1.165) is 47.3 Å². The van der Waals surface area contributed by atoms with Gasteiger partial charge >= 0.3 is 0 Å². The Labute approximate surface area is 197 Å². The standard InChI is InChI=1S/C27H21ClN4O/c28-24-16-21(11-13-26(24)33-22-6-2-1-3-7-22)32-27-23-15-19(10-12-25(23)30-18-31-27)8-9-20-5-4-14-29-17-20/h1-3,6-7,10-13,15-18,20H,4-5,14H2,(H,30,31,32). The number of halogens is 1. The lowest BCUT2D eigenvalue weighted by Crippen LogP contribution is -2.05. The van der Waals surface area contributed by atoms with Gasteiger partial charge in [-0.15, -0.1) is 0 Å². The lowest BCUT2D eigenvalue weighted by Gasteiger charge is -2.12. The normalized spacial score (nSPS) is 15.0. The van der Waals surface area contributed by atoms with Gasteiger partial charge < -0.3 is 10.1 Å². The van der Waals surface area contributed by atoms with Crippen LogP contribution in [0.3, 0.4) is 0 Å². The van der Waals surface area contributed by atoms with E-state index in [9.17, 15) is 0 Å². The maximum absolute atomic E-state index is 6.48. The Hall–Kier alpha value is -3.88. The van der Waals surface area contributed by atoms with E-state index in [4.69, 9.17) is 16.3 Å². The summed E-state index contributed by atoms with van der Waals surface area (Å²) in [5.74, 6) is 8.82. The van der Waals surface area contributed by atoms with Gasteiger partial charge in [-0.3, -0.25) is 4.99 Å². The van der Waals surface area contributed by atoms with Crippen LogP contribution in [-0.4, -0.2) is 22.7 Å². The number of aromatic nitrogens is 2. The molecule has 33 heavy (non-hydrogen) atoms. The Morgan fingerprint density at radius 3 is 2.73 bits per heavy atom. The largest absolute Gasteiger partial charge is 0.456 e. The molecule has 0 spiro atoms. The third kappa shape index (κ3) is 5.14. The predicted molar refractivity (Wildman–Crippen MR) is 134 cm³/mol. The summed E-state index contributed by atoms with van der Waals surface area (Å²) in [6.07, 6.45) is 5.66. The van der Waals surface area contributed by atoms with Crippen molar-refractivity contribution in [3.8, 4) is 23.3 Å². The molecule has 1 N–H and O–H groups in total. The smallest absolute Gasteiger partial charge is 0.146 e. The van der Waals surface area contributed by atoms with Gasteiger partial charge in [0.1, 0.15) is 23.6 Å². The molecule has 1 unspecified atom stereocenters. The molecule has 1 aromatic heterocycles. The first kappa shape index (κ1) is 21.0. The molecule has 3 aromatic carbocycles. The number of benzene rings is 3. The van der Waals surface area contributed by atoms with E-state index in [1.165, 1.54) is 0 Å². The summed E-state index contributed by atoms with van der Waals surface area (Å²) in [5, 5.41) is 4.74. The van der Waals surface area contributed by atoms with Crippen molar-refractivity contribution in [1.82, 2.24) is 9.97 Å². The van der Waals surface area contributed by atoms with Gasteiger partial charge in [-0.1, -0.05) is 41.6 Å². The zero-order valence-electron chi connectivity index (χ0n) is 17.8. The van der Waals surface area contributed by atoms with Crippen LogP contribution in [0.2, 0.25) is 5.02 Å². The fourth-order valence-corrected chi connectivity index (χ4v) is 3.83. The lowest BCUT2D eigenvalue weighted by molar-refractivity contribution is 0.483. The number of ether oxygens (including phenoxy) is 1. The van der Waals surface area contributed by atoms with Crippen LogP contribution in [0.15, 0.2) is 78.0 Å². The second kappa shape index (κ2) is 9.72. The summed E-state index contributed by atoms with van der Waals surface area (Å²) < 4.78 is 5.87. The topological polar surface area (TPSA) is 59.4 Å². The number of hydrogen-bond acceptors (Lipinski definition) is 5. The minimum atomic E-state index is 0.220. The Balaban J connectivity index is 1.39. The molecule has 0 saturated heterocycles. The average Bonchev–Trinajstić information content (AvgIpc) is 2.86. The maximum atomic E-state index is 6.48. The van der Waals surface area contributed by atoms with E-state index in [0.29, 0.717) is 16.6 Å². The number of fused-ring (bicyclic) bond motifs is 1. The Bertz CT molecular complexity index is 1380. The van der Waals surface area contributed by atoms with Crippen LogP contribution < -0.4 is 10.1 Å². The molecular weight excluding hydrogens is 432 g/mol. The van der Waals surface area contributed by atoms with Crippen LogP contribution in [0, 0.1) is 17.8 Å². The minimum absolute atomic E-state index is 0.220. The van der Waals surface area contributed by atoms with E-state index >= 15 is 0 Å². The van der Waals surface area contributed by atoms with Crippen molar-refractivity contribution >= 4 is 40.2 Å². The molecule has 5 rings (SSSR count). The average molecular weight is 453 g/mol. The van der Waals surface area contributed by atoms with E-state index in [-0.39, 0.29) is 5.92 Å². The van der Waals surface area contributed by atoms with E-state index in [2.05, 4.69) is 32.1 Å². The summed E-state index contributed by atoms with van der Waals surface area (Å²) in [6, 6.07) is 21.1. The Morgan fingerprint density at radius 1 is 1.00 bits per heavy atom. The monoisotopic (exact) mass is 452 g/mol. The molecule has 5 nitrogen and oxygen atoms in total. The third-order valence-corrected chi connectivity index (χ3v) is 5.59. The highest BCUT2D eigenvalue weighted by Crippen LogP contribution is 2.33. The van der Waals surface area contributed by atoms with Gasteiger partial charge in [0.2, 0.25) is 0 Å². The molecule has 162 valence electrons. The van der Waals surface area contributed by atoms with Gasteiger partial charge in [-0.2, -0.15) is 0 Å². The van der Waals surface area contributed by atoms with Crippen molar-refractivity contribution in [2.45, 2.75) is 12.8 Å². The molecule has 0 aliphatic carbocycles. The van der Waals surface area contributed by atoms with Crippen LogP contribution >= 0.6 is 11.6 Å². The molecule has 0 radical (unpaired) electrons. The fourth-order valence-electron chi connectivity index (χ4n) is 3.61. The van der Waals surface area contributed by atoms with Crippen LogP contribution in [0.5, 0.6) is 11.5 Å². The Morgan fingerprint density at radius 2 is 1.91 bits per heavy atom. The van der Waals surface area contributed by atoms with Crippen LogP contribution in [0.1, 0.15) is 18.4 Å². The van der Waals surface area contributed by atoms with Crippen molar-refractivity contribution in [2.24, 2.45) is 10.9 Å². The lowest BCUT2D eigenvalue weighted by atomic mass is 10.0. The number of para-hydroxylation sites is 1. The van der Waals surface area contributed by atoms with Gasteiger partial charge in [-0.05, 0) is 61.4 Å². The molecule has 0 fully saturated rings. The highest BCUT2D eigenvalue weighted by atomic mass is 35.5. The van der Waals surface area contributed by atoms with Crippen molar-refractivity contribution in [3.05, 3.63) is 83.6 Å². The number of hydrogen-bond donors (Lipinski definition) is 1. The SMILES string of the molecule is Clc1cc(Nc2ncnc3ccc(C#CC4C=NCCC4)cc23)ccc1Oc1ccccc1. The molecule has 1 aliphatic heterocycles. The summed E-state index contributed by atoms with van der Waals surface area (Å²) >= 11 is 6.48. The second-order valence-electron chi connectivity index (χ2n) is 7.71. The Kier molecular flexibility index (Phi) is 6.19. The van der Waals surface area contributed by atoms with Crippen molar-refractivity contribution in [2.75, 3.05) is 11.9 Å². The highest BCUT2D eigenvalue weighted by Gasteiger charge is 2.09. The number of rotatable bonds is 4. The summed E-state index contributed by atoms with van der Waals surface area (Å²) in [6.45, 7) is 0.907. The number of nitrogens with one attached hydrogen (secondary N) is 1. The predicted octanol–water partition coefficient (Wildman–Crippen LogP) is 6.65. The van der Waals surface area contributed by atoms with Gasteiger partial charge in [0.05, 0.1) is 16.5 Å². The van der Waals surface area contributed by atoms with Gasteiger partial charge in [0.25, 0.3) is 0 Å². The van der Waals surface area contributed by atoms with Crippen molar-refractivity contribution in [3.63, 3.8) is 0 Å². The second-order valence-corrected chi connectivity index (χ2v) is 8.12. The number of anilines is 2. The molecule has 0 amide bonds. The van der Waals surface area contributed by atoms with Crippen LogP contribution in [0.4, 0.5) is 11.5 Å². The molecule has 6 heteroatoms. The van der Waals surface area contributed by atoms with Gasteiger partial charge in [0.15, 0.2) is 0 Å². The molecular formula is C27H21ClN4O. The molecule has 4 aromatic rings. The highest BCUT2D eigenvalue weighted by molar-refractivity contribution is 6.32. The summed E-state index contributed by atoms with van der Waals surface area (Å²) in [4.78, 5) is 13.2. The first-order valence-electron chi connectivity index (χ1n) is 10.8. The minimum Gasteiger partial charge on any atom is -0.456 e. The molecule has 0 saturated carbocycles. The fraction of sp³-hybridized carbons (Fsp3) is 0.148. The van der Waals surface area contributed by atoms with E-state index in [1.807, 2.05) is 72.9 Å². The maximum Gasteiger partial charge on any atom is 0.146 e. The van der Waals surface area contributed by atoms with Gasteiger partial charge in [0, 0.05) is 29.4 Å². The molecule has 2 heterocycles. The quantitative estimate of drug-likeness (QED) is 0.352. The van der Waals surface area contributed by atoms with Crippen molar-refractivity contribution < 1.29 is 4.74 Å². The number of nitrogens with zero attached hydrogens (tertiary/aromatic N) is 3. The van der Waals surface area contributed by atoms with Gasteiger partial charge in [-0.25, -0.2) is 9.97 Å². The zero-order valence-corrected chi connectivity index (χ0v) is 18.6. The molecule has 0 bridgehead atoms. The van der Waals surface area contributed by atoms with Crippen LogP contribution in [-0.2, 0) is 0 Å². The third-order valence-electron chi connectivity index (χ3n) is 5.29. The summed E-state index contributed by atoms with van der Waals surface area (Å²) in [5.41, 5.74) is 2.56. The first-order chi connectivity index (χ1) is 16.2. The molecule has 1 aliphatic rings.